The lowest BCUT2D eigenvalue weighted by molar-refractivity contribution is -0.141. The van der Waals surface area contributed by atoms with E-state index >= 15 is 0 Å². The predicted molar refractivity (Wildman–Crippen MR) is 81.1 cm³/mol. The molecule has 128 valence electrons. The van der Waals surface area contributed by atoms with Crippen LogP contribution in [0.5, 0.6) is 0 Å². The summed E-state index contributed by atoms with van der Waals surface area (Å²) < 4.78 is 43.3. The molecule has 0 fully saturated rings. The van der Waals surface area contributed by atoms with Gasteiger partial charge in [0, 0.05) is 6.20 Å². The summed E-state index contributed by atoms with van der Waals surface area (Å²) in [5.41, 5.74) is -1.17. The molecular formula is C17H12F3N3O2. The van der Waals surface area contributed by atoms with Gasteiger partial charge in [0.05, 0.1) is 23.9 Å². The van der Waals surface area contributed by atoms with Crippen molar-refractivity contribution in [3.8, 4) is 6.07 Å². The number of anilines is 1. The third kappa shape index (κ3) is 2.62. The lowest BCUT2D eigenvalue weighted by atomic mass is 9.98. The molecule has 2 heterocycles. The molecule has 1 amide bonds. The Balaban J connectivity index is 2.14. The molecule has 3 rings (SSSR count). The van der Waals surface area contributed by atoms with E-state index < -0.39 is 35.0 Å². The molecule has 25 heavy (non-hydrogen) atoms. The van der Waals surface area contributed by atoms with Crippen molar-refractivity contribution in [2.24, 2.45) is 0 Å². The second-order valence-electron chi connectivity index (χ2n) is 5.66. The Kier molecular flexibility index (Phi) is 3.97. The van der Waals surface area contributed by atoms with Crippen molar-refractivity contribution in [2.75, 3.05) is 4.90 Å². The van der Waals surface area contributed by atoms with E-state index in [0.717, 1.165) is 12.1 Å². The van der Waals surface area contributed by atoms with Crippen LogP contribution < -0.4 is 4.90 Å². The minimum atomic E-state index is -3.95. The van der Waals surface area contributed by atoms with E-state index in [1.54, 1.807) is 6.07 Å². The van der Waals surface area contributed by atoms with Crippen molar-refractivity contribution < 1.29 is 23.1 Å². The van der Waals surface area contributed by atoms with Crippen molar-refractivity contribution in [1.29, 1.82) is 5.26 Å². The molecule has 2 aromatic rings. The van der Waals surface area contributed by atoms with Crippen molar-refractivity contribution in [3.63, 3.8) is 0 Å². The van der Waals surface area contributed by atoms with Crippen molar-refractivity contribution in [2.45, 2.75) is 25.5 Å². The van der Waals surface area contributed by atoms with Crippen LogP contribution in [0, 0.1) is 17.1 Å². The number of carbonyl (C=O) groups is 1. The number of aromatic nitrogens is 1. The summed E-state index contributed by atoms with van der Waals surface area (Å²) in [5, 5.41) is 18.6. The number of carbonyl (C=O) groups excluding carboxylic acids is 1. The maximum absolute atomic E-state index is 14.5. The highest BCUT2D eigenvalue weighted by atomic mass is 19.3. The number of aliphatic hydroxyl groups excluding tert-OH is 1. The smallest absolute Gasteiger partial charge is 0.352 e. The molecule has 1 N–H and O–H groups in total. The van der Waals surface area contributed by atoms with Gasteiger partial charge in [-0.3, -0.25) is 9.69 Å². The van der Waals surface area contributed by atoms with Gasteiger partial charge in [-0.2, -0.15) is 14.0 Å². The van der Waals surface area contributed by atoms with Crippen LogP contribution in [0.15, 0.2) is 30.5 Å². The molecule has 8 heteroatoms. The number of hydrogen-bond donors (Lipinski definition) is 1. The van der Waals surface area contributed by atoms with E-state index in [-0.39, 0.29) is 17.8 Å². The van der Waals surface area contributed by atoms with Gasteiger partial charge in [0.15, 0.2) is 0 Å². The zero-order chi connectivity index (χ0) is 18.4. The van der Waals surface area contributed by atoms with Crippen LogP contribution >= 0.6 is 0 Å². The number of nitriles is 1. The molecule has 1 aliphatic heterocycles. The number of fused-ring (bicyclic) bond motifs is 1. The maximum atomic E-state index is 14.5. The number of aliphatic hydroxyl groups is 1. The van der Waals surface area contributed by atoms with E-state index in [0.29, 0.717) is 10.5 Å². The summed E-state index contributed by atoms with van der Waals surface area (Å²) in [6.07, 6.45) is 0.00914. The van der Waals surface area contributed by atoms with Crippen LogP contribution in [0.1, 0.15) is 35.4 Å². The molecule has 0 unspecified atom stereocenters. The Bertz CT molecular complexity index is 906. The van der Waals surface area contributed by atoms with Crippen molar-refractivity contribution in [3.05, 3.63) is 58.7 Å². The molecule has 0 radical (unpaired) electrons. The van der Waals surface area contributed by atoms with E-state index in [1.807, 2.05) is 0 Å². The zero-order valence-corrected chi connectivity index (χ0v) is 13.0. The Morgan fingerprint density at radius 3 is 2.76 bits per heavy atom. The molecule has 1 atom stereocenters. The van der Waals surface area contributed by atoms with Gasteiger partial charge in [-0.15, -0.1) is 0 Å². The van der Waals surface area contributed by atoms with Crippen molar-refractivity contribution in [1.82, 2.24) is 4.98 Å². The van der Waals surface area contributed by atoms with Crippen molar-refractivity contribution >= 4 is 11.6 Å². The number of hydrogen-bond acceptors (Lipinski definition) is 4. The third-order valence-corrected chi connectivity index (χ3v) is 3.99. The van der Waals surface area contributed by atoms with Crippen LogP contribution in [-0.2, 0) is 17.3 Å². The van der Waals surface area contributed by atoms with E-state index in [4.69, 9.17) is 5.26 Å². The fraction of sp³-hybridized carbons (Fsp3) is 0.235. The Hall–Kier alpha value is -2.92. The molecular weight excluding hydrogens is 335 g/mol. The lowest BCUT2D eigenvalue weighted by Crippen LogP contribution is -2.34. The van der Waals surface area contributed by atoms with Gasteiger partial charge in [0.2, 0.25) is 0 Å². The number of rotatable bonds is 3. The highest BCUT2D eigenvalue weighted by Crippen LogP contribution is 2.49. The molecule has 0 bridgehead atoms. The van der Waals surface area contributed by atoms with Crippen LogP contribution in [-0.4, -0.2) is 16.0 Å². The molecule has 1 aromatic carbocycles. The van der Waals surface area contributed by atoms with Gasteiger partial charge in [0.1, 0.15) is 17.6 Å². The number of benzene rings is 1. The Morgan fingerprint density at radius 2 is 2.12 bits per heavy atom. The highest BCUT2D eigenvalue weighted by molar-refractivity contribution is 6.06. The number of alkyl halides is 2. The number of pyridine rings is 1. The summed E-state index contributed by atoms with van der Waals surface area (Å²) >= 11 is 0. The first-order valence-electron chi connectivity index (χ1n) is 7.33. The van der Waals surface area contributed by atoms with Gasteiger partial charge in [-0.05, 0) is 36.2 Å². The summed E-state index contributed by atoms with van der Waals surface area (Å²) in [7, 11) is 0. The normalized spacial score (nSPS) is 16.5. The number of amides is 1. The number of halogens is 3. The Labute approximate surface area is 140 Å². The Morgan fingerprint density at radius 1 is 1.40 bits per heavy atom. The van der Waals surface area contributed by atoms with Gasteiger partial charge in [0.25, 0.3) is 0 Å². The fourth-order valence-electron chi connectivity index (χ4n) is 2.87. The first kappa shape index (κ1) is 16.9. The molecule has 0 spiro atoms. The summed E-state index contributed by atoms with van der Waals surface area (Å²) in [6, 6.07) is 6.57. The average Bonchev–Trinajstić information content (AvgIpc) is 2.77. The van der Waals surface area contributed by atoms with Gasteiger partial charge >= 0.3 is 11.8 Å². The van der Waals surface area contributed by atoms with E-state index in [9.17, 15) is 23.1 Å². The highest BCUT2D eigenvalue weighted by Gasteiger charge is 2.55. The average molecular weight is 347 g/mol. The predicted octanol–water partition coefficient (Wildman–Crippen LogP) is 2.78. The van der Waals surface area contributed by atoms with Gasteiger partial charge in [-0.1, -0.05) is 6.07 Å². The largest absolute Gasteiger partial charge is 0.389 e. The minimum Gasteiger partial charge on any atom is -0.389 e. The quantitative estimate of drug-likeness (QED) is 0.926. The minimum absolute atomic E-state index is 0.0503. The van der Waals surface area contributed by atoms with Crippen LogP contribution in [0.4, 0.5) is 18.9 Å². The second kappa shape index (κ2) is 5.86. The topological polar surface area (TPSA) is 77.2 Å². The number of nitrogens with zero attached hydrogens (tertiary/aromatic N) is 3. The molecule has 1 aliphatic rings. The zero-order valence-electron chi connectivity index (χ0n) is 13.0. The molecule has 1 aromatic heterocycles. The van der Waals surface area contributed by atoms with E-state index in [1.165, 1.54) is 25.3 Å². The van der Waals surface area contributed by atoms with Gasteiger partial charge < -0.3 is 5.11 Å². The maximum Gasteiger partial charge on any atom is 0.352 e. The summed E-state index contributed by atoms with van der Waals surface area (Å²) in [5.74, 6) is -6.52. The lowest BCUT2D eigenvalue weighted by Gasteiger charge is -2.18. The first-order valence-corrected chi connectivity index (χ1v) is 7.33. The van der Waals surface area contributed by atoms with Crippen LogP contribution in [0.3, 0.4) is 0 Å². The van der Waals surface area contributed by atoms with Crippen LogP contribution in [0.25, 0.3) is 0 Å². The monoisotopic (exact) mass is 347 g/mol. The molecule has 0 aliphatic carbocycles. The fourth-order valence-corrected chi connectivity index (χ4v) is 2.87. The first-order chi connectivity index (χ1) is 11.8. The molecule has 0 saturated heterocycles. The molecule has 5 nitrogen and oxygen atoms in total. The third-order valence-electron chi connectivity index (χ3n) is 3.99. The summed E-state index contributed by atoms with van der Waals surface area (Å²) in [4.78, 5) is 16.6. The van der Waals surface area contributed by atoms with Gasteiger partial charge in [-0.25, -0.2) is 9.37 Å². The second-order valence-corrected chi connectivity index (χ2v) is 5.66. The van der Waals surface area contributed by atoms with Crippen LogP contribution in [0.2, 0.25) is 0 Å². The SMILES string of the molecule is C[C@H](O)c1ccc(F)c2c1C(F)(F)C(=O)N2Cc1ccnc(C#N)c1. The van der Waals surface area contributed by atoms with E-state index in [2.05, 4.69) is 4.98 Å². The summed E-state index contributed by atoms with van der Waals surface area (Å²) in [6.45, 7) is 0.914. The standard InChI is InChI=1S/C17H12F3N3O2/c1-9(24)12-2-3-13(18)15-14(12)17(19,20)16(25)23(15)8-10-4-5-22-11(6-10)7-21/h2-6,9,24H,8H2,1H3/t9-/m0/s1. The molecule has 0 saturated carbocycles.